The van der Waals surface area contributed by atoms with E-state index in [9.17, 15) is 8.78 Å². The molecule has 0 aromatic rings. The van der Waals surface area contributed by atoms with Crippen molar-refractivity contribution in [1.82, 2.24) is 0 Å². The van der Waals surface area contributed by atoms with Gasteiger partial charge in [-0.2, -0.15) is 0 Å². The van der Waals surface area contributed by atoms with Gasteiger partial charge < -0.3 is 5.73 Å². The average Bonchev–Trinajstić information content (AvgIpc) is 1.82. The van der Waals surface area contributed by atoms with Crippen molar-refractivity contribution < 1.29 is 8.78 Å². The molecule has 0 aromatic carbocycles. The molecule has 0 atom stereocenters. The first-order valence-electron chi connectivity index (χ1n) is 3.63. The smallest absolute Gasteiger partial charge is 0.252 e. The third kappa shape index (κ3) is 5.76. The molecule has 0 saturated carbocycles. The molecule has 12 heavy (non-hydrogen) atoms. The Kier molecular flexibility index (Phi) is 3.79. The summed E-state index contributed by atoms with van der Waals surface area (Å²) in [6.45, 7) is 2.50. The number of nitrogens with one attached hydrogen (secondary N) is 1. The highest BCUT2D eigenvalue weighted by Crippen LogP contribution is 2.17. The Hall–Kier alpha value is -1.00. The Bertz CT molecular complexity index is 193. The zero-order valence-electron chi connectivity index (χ0n) is 7.19. The molecule has 0 bridgehead atoms. The van der Waals surface area contributed by atoms with Crippen LogP contribution in [0.15, 0.2) is 4.99 Å². The average molecular weight is 177 g/mol. The summed E-state index contributed by atoms with van der Waals surface area (Å²) < 4.78 is 24.6. The molecule has 70 valence electrons. The maximum absolute atomic E-state index is 12.3. The molecule has 0 saturated heterocycles. The highest BCUT2D eigenvalue weighted by molar-refractivity contribution is 5.94. The predicted molar refractivity (Wildman–Crippen MR) is 44.9 cm³/mol. The lowest BCUT2D eigenvalue weighted by Gasteiger charge is -2.07. The second-order valence-corrected chi connectivity index (χ2v) is 2.65. The fraction of sp³-hybridized carbons (Fsp3) is 0.714. The van der Waals surface area contributed by atoms with Crippen molar-refractivity contribution in [2.75, 3.05) is 0 Å². The van der Waals surface area contributed by atoms with Crippen LogP contribution in [0.1, 0.15) is 26.7 Å². The molecule has 0 aliphatic rings. The predicted octanol–water partition coefficient (Wildman–Crippen LogP) is 1.78. The molecule has 0 aromatic heterocycles. The van der Waals surface area contributed by atoms with E-state index in [4.69, 9.17) is 11.1 Å². The SMILES string of the molecule is CC/C(N)=N/C(=N)CC(C)(F)F. The lowest BCUT2D eigenvalue weighted by Crippen LogP contribution is -2.18. The van der Waals surface area contributed by atoms with E-state index in [1.165, 1.54) is 0 Å². The zero-order valence-corrected chi connectivity index (χ0v) is 7.19. The van der Waals surface area contributed by atoms with Crippen LogP contribution >= 0.6 is 0 Å². The molecule has 5 heteroatoms. The quantitative estimate of drug-likeness (QED) is 0.501. The largest absolute Gasteiger partial charge is 0.387 e. The monoisotopic (exact) mass is 177 g/mol. The molecule has 3 nitrogen and oxygen atoms in total. The lowest BCUT2D eigenvalue weighted by atomic mass is 10.2. The number of hydrogen-bond donors (Lipinski definition) is 2. The number of nitrogens with zero attached hydrogens (tertiary/aromatic N) is 1. The summed E-state index contributed by atoms with van der Waals surface area (Å²) in [5.41, 5.74) is 5.26. The fourth-order valence-corrected chi connectivity index (χ4v) is 0.586. The van der Waals surface area contributed by atoms with E-state index in [-0.39, 0.29) is 11.7 Å². The lowest BCUT2D eigenvalue weighted by molar-refractivity contribution is 0.0299. The number of amidine groups is 2. The molecule has 0 unspecified atom stereocenters. The molecule has 0 radical (unpaired) electrons. The first-order valence-corrected chi connectivity index (χ1v) is 3.63. The topological polar surface area (TPSA) is 62.2 Å². The second kappa shape index (κ2) is 4.13. The molecule has 0 rings (SSSR count). The maximum Gasteiger partial charge on any atom is 0.252 e. The Morgan fingerprint density at radius 3 is 2.42 bits per heavy atom. The summed E-state index contributed by atoms with van der Waals surface area (Å²) >= 11 is 0. The van der Waals surface area contributed by atoms with Crippen molar-refractivity contribution in [1.29, 1.82) is 5.41 Å². The van der Waals surface area contributed by atoms with Crippen LogP contribution < -0.4 is 5.73 Å². The van der Waals surface area contributed by atoms with Crippen LogP contribution in [0.25, 0.3) is 0 Å². The van der Waals surface area contributed by atoms with Crippen molar-refractivity contribution >= 4 is 11.7 Å². The van der Waals surface area contributed by atoms with Gasteiger partial charge in [0.1, 0.15) is 11.7 Å². The molecule has 0 aliphatic heterocycles. The molecule has 0 heterocycles. The Balaban J connectivity index is 4.08. The first kappa shape index (κ1) is 11.0. The van der Waals surface area contributed by atoms with Gasteiger partial charge in [0, 0.05) is 6.42 Å². The Morgan fingerprint density at radius 1 is 1.58 bits per heavy atom. The number of alkyl halides is 2. The summed E-state index contributed by atoms with van der Waals surface area (Å²) in [5, 5.41) is 7.03. The molecule has 0 spiro atoms. The minimum Gasteiger partial charge on any atom is -0.387 e. The molecule has 0 aliphatic carbocycles. The maximum atomic E-state index is 12.3. The Labute approximate surface area is 70.2 Å². The summed E-state index contributed by atoms with van der Waals surface area (Å²) in [7, 11) is 0. The van der Waals surface area contributed by atoms with E-state index >= 15 is 0 Å². The van der Waals surface area contributed by atoms with Crippen LogP contribution in [-0.2, 0) is 0 Å². The van der Waals surface area contributed by atoms with E-state index in [1.807, 2.05) is 0 Å². The molecule has 0 fully saturated rings. The number of nitrogens with two attached hydrogens (primary N) is 1. The number of aliphatic imine (C=N–C) groups is 1. The molecule has 0 amide bonds. The summed E-state index contributed by atoms with van der Waals surface area (Å²) in [6.07, 6.45) is -0.189. The number of rotatable bonds is 3. The Morgan fingerprint density at radius 2 is 2.08 bits per heavy atom. The van der Waals surface area contributed by atoms with Crippen LogP contribution in [0.4, 0.5) is 8.78 Å². The van der Waals surface area contributed by atoms with Crippen LogP contribution in [0.5, 0.6) is 0 Å². The zero-order chi connectivity index (χ0) is 9.78. The van der Waals surface area contributed by atoms with Crippen LogP contribution in [0.3, 0.4) is 0 Å². The second-order valence-electron chi connectivity index (χ2n) is 2.65. The van der Waals surface area contributed by atoms with Crippen molar-refractivity contribution in [3.63, 3.8) is 0 Å². The van der Waals surface area contributed by atoms with Gasteiger partial charge in [-0.15, -0.1) is 0 Å². The van der Waals surface area contributed by atoms with Gasteiger partial charge in [0.05, 0.1) is 6.42 Å². The summed E-state index contributed by atoms with van der Waals surface area (Å²) in [5.74, 6) is -3.04. The molecular weight excluding hydrogens is 164 g/mol. The third-order valence-electron chi connectivity index (χ3n) is 1.12. The van der Waals surface area contributed by atoms with Crippen molar-refractivity contribution in [2.45, 2.75) is 32.6 Å². The highest BCUT2D eigenvalue weighted by atomic mass is 19.3. The van der Waals surface area contributed by atoms with E-state index < -0.39 is 12.3 Å². The van der Waals surface area contributed by atoms with E-state index in [1.54, 1.807) is 6.92 Å². The van der Waals surface area contributed by atoms with E-state index in [0.717, 1.165) is 6.92 Å². The van der Waals surface area contributed by atoms with Crippen LogP contribution in [-0.4, -0.2) is 17.6 Å². The molecular formula is C7H13F2N3. The standard InChI is InChI=1S/C7H13F2N3/c1-3-5(10)12-6(11)4-7(2,8)9/h3-4H2,1-2H3,(H3,10,11,12). The van der Waals surface area contributed by atoms with Gasteiger partial charge in [0.2, 0.25) is 0 Å². The minimum absolute atomic E-state index is 0.212. The van der Waals surface area contributed by atoms with Crippen molar-refractivity contribution in [3.8, 4) is 0 Å². The van der Waals surface area contributed by atoms with Gasteiger partial charge in [-0.05, 0) is 6.92 Å². The van der Waals surface area contributed by atoms with Crippen molar-refractivity contribution in [2.24, 2.45) is 10.7 Å². The van der Waals surface area contributed by atoms with E-state index in [2.05, 4.69) is 4.99 Å². The summed E-state index contributed by atoms with van der Waals surface area (Å²) in [6, 6.07) is 0. The first-order chi connectivity index (χ1) is 5.35. The van der Waals surface area contributed by atoms with Crippen LogP contribution in [0, 0.1) is 5.41 Å². The van der Waals surface area contributed by atoms with Gasteiger partial charge >= 0.3 is 0 Å². The normalized spacial score (nSPS) is 13.2. The van der Waals surface area contributed by atoms with Gasteiger partial charge in [0.25, 0.3) is 5.92 Å². The van der Waals surface area contributed by atoms with Gasteiger partial charge in [0.15, 0.2) is 0 Å². The van der Waals surface area contributed by atoms with Gasteiger partial charge in [-0.25, -0.2) is 13.8 Å². The number of halogens is 2. The van der Waals surface area contributed by atoms with Gasteiger partial charge in [-0.1, -0.05) is 6.92 Å². The summed E-state index contributed by atoms with van der Waals surface area (Å²) in [4.78, 5) is 3.48. The highest BCUT2D eigenvalue weighted by Gasteiger charge is 2.23. The van der Waals surface area contributed by atoms with Gasteiger partial charge in [-0.3, -0.25) is 5.41 Å². The third-order valence-corrected chi connectivity index (χ3v) is 1.12. The van der Waals surface area contributed by atoms with Crippen molar-refractivity contribution in [3.05, 3.63) is 0 Å². The van der Waals surface area contributed by atoms with Crippen LogP contribution in [0.2, 0.25) is 0 Å². The fourth-order valence-electron chi connectivity index (χ4n) is 0.586. The molecule has 3 N–H and O–H groups in total. The number of hydrogen-bond acceptors (Lipinski definition) is 1. The minimum atomic E-state index is -2.88. The van der Waals surface area contributed by atoms with E-state index in [0.29, 0.717) is 6.42 Å².